The molecule has 2 N–H and O–H groups in total. The van der Waals surface area contributed by atoms with Gasteiger partial charge in [0.25, 0.3) is 11.8 Å². The van der Waals surface area contributed by atoms with Crippen molar-refractivity contribution < 1.29 is 23.5 Å². The molecule has 1 fully saturated rings. The van der Waals surface area contributed by atoms with Crippen LogP contribution in [-0.4, -0.2) is 62.0 Å². The molecule has 2 aromatic rings. The van der Waals surface area contributed by atoms with Crippen LogP contribution >= 0.6 is 11.6 Å². The number of likely N-dealkylation sites (tertiary alicyclic amines) is 1. The van der Waals surface area contributed by atoms with E-state index in [1.54, 1.807) is 35.2 Å². The first-order valence-corrected chi connectivity index (χ1v) is 11.2. The van der Waals surface area contributed by atoms with E-state index in [0.29, 0.717) is 43.1 Å². The molecule has 0 aromatic heterocycles. The highest BCUT2D eigenvalue weighted by Gasteiger charge is 2.34. The summed E-state index contributed by atoms with van der Waals surface area (Å²) in [4.78, 5) is 40.1. The van der Waals surface area contributed by atoms with Gasteiger partial charge >= 0.3 is 0 Å². The number of hydrogen-bond acceptors (Lipinski definition) is 4. The van der Waals surface area contributed by atoms with Crippen molar-refractivity contribution in [3.63, 3.8) is 0 Å². The maximum Gasteiger partial charge on any atom is 0.254 e. The highest BCUT2D eigenvalue weighted by molar-refractivity contribution is 6.30. The molecule has 1 aliphatic heterocycles. The van der Waals surface area contributed by atoms with Gasteiger partial charge in [0.15, 0.2) is 0 Å². The number of piperidine rings is 1. The topological polar surface area (TPSA) is 87.7 Å². The number of methoxy groups -OCH3 is 1. The van der Waals surface area contributed by atoms with Crippen LogP contribution in [0, 0.1) is 11.7 Å². The maximum atomic E-state index is 14.1. The molecular formula is C24H27ClFN3O4. The number of nitrogens with one attached hydrogen (secondary N) is 2. The first-order chi connectivity index (χ1) is 15.9. The van der Waals surface area contributed by atoms with Gasteiger partial charge in [0.2, 0.25) is 5.91 Å². The largest absolute Gasteiger partial charge is 0.383 e. The van der Waals surface area contributed by atoms with E-state index in [4.69, 9.17) is 16.3 Å². The smallest absolute Gasteiger partial charge is 0.254 e. The molecule has 1 atom stereocenters. The Balaban J connectivity index is 1.68. The van der Waals surface area contributed by atoms with Gasteiger partial charge in [-0.2, -0.15) is 0 Å². The average Bonchev–Trinajstić information content (AvgIpc) is 2.83. The minimum absolute atomic E-state index is 0.110. The van der Waals surface area contributed by atoms with Gasteiger partial charge in [-0.1, -0.05) is 23.7 Å². The van der Waals surface area contributed by atoms with Crippen LogP contribution in [0.1, 0.15) is 33.6 Å². The number of ether oxygens (including phenoxy) is 1. The van der Waals surface area contributed by atoms with E-state index in [9.17, 15) is 18.8 Å². The molecule has 33 heavy (non-hydrogen) atoms. The van der Waals surface area contributed by atoms with Crippen molar-refractivity contribution in [2.24, 2.45) is 5.92 Å². The molecule has 0 aliphatic carbocycles. The Hall–Kier alpha value is -2.97. The van der Waals surface area contributed by atoms with Crippen molar-refractivity contribution in [1.82, 2.24) is 15.5 Å². The molecule has 0 saturated carbocycles. The van der Waals surface area contributed by atoms with E-state index in [-0.39, 0.29) is 29.8 Å². The fraction of sp³-hybridized carbons (Fsp3) is 0.375. The monoisotopic (exact) mass is 475 g/mol. The van der Waals surface area contributed by atoms with E-state index in [0.717, 1.165) is 0 Å². The number of amides is 3. The van der Waals surface area contributed by atoms with Gasteiger partial charge in [-0.3, -0.25) is 14.4 Å². The van der Waals surface area contributed by atoms with Crippen molar-refractivity contribution in [3.05, 3.63) is 70.5 Å². The van der Waals surface area contributed by atoms with Crippen LogP contribution in [0.25, 0.3) is 0 Å². The van der Waals surface area contributed by atoms with E-state index >= 15 is 0 Å². The normalized spacial score (nSPS) is 15.1. The minimum Gasteiger partial charge on any atom is -0.383 e. The standard InChI is InChI=1S/C24H27ClFN3O4/c1-33-15-12-27-23(31)21(28-22(30)19-4-2-3-5-20(19)26)16-10-13-29(14-11-16)24(32)17-6-8-18(25)9-7-17/h2-9,16,21H,10-15H2,1H3,(H,27,31)(H,28,30)/t21-/m0/s1. The second kappa shape index (κ2) is 11.8. The van der Waals surface area contributed by atoms with Crippen LogP contribution in [0.2, 0.25) is 5.02 Å². The van der Waals surface area contributed by atoms with Gasteiger partial charge in [-0.05, 0) is 55.2 Å². The van der Waals surface area contributed by atoms with Crippen molar-refractivity contribution in [1.29, 1.82) is 0 Å². The zero-order valence-electron chi connectivity index (χ0n) is 18.4. The lowest BCUT2D eigenvalue weighted by atomic mass is 9.88. The molecule has 7 nitrogen and oxygen atoms in total. The summed E-state index contributed by atoms with van der Waals surface area (Å²) >= 11 is 5.90. The van der Waals surface area contributed by atoms with Crippen molar-refractivity contribution in [2.45, 2.75) is 18.9 Å². The van der Waals surface area contributed by atoms with Crippen LogP contribution in [0.15, 0.2) is 48.5 Å². The van der Waals surface area contributed by atoms with Crippen molar-refractivity contribution in [3.8, 4) is 0 Å². The number of carbonyl (C=O) groups is 3. The van der Waals surface area contributed by atoms with Crippen LogP contribution < -0.4 is 10.6 Å². The van der Waals surface area contributed by atoms with Crippen molar-refractivity contribution in [2.75, 3.05) is 33.4 Å². The molecule has 3 rings (SSSR count). The quantitative estimate of drug-likeness (QED) is 0.575. The molecule has 0 radical (unpaired) electrons. The van der Waals surface area contributed by atoms with Crippen LogP contribution in [0.5, 0.6) is 0 Å². The lowest BCUT2D eigenvalue weighted by Gasteiger charge is -2.36. The molecule has 176 valence electrons. The Labute approximate surface area is 197 Å². The van der Waals surface area contributed by atoms with Gasteiger partial charge in [-0.25, -0.2) is 4.39 Å². The second-order valence-corrected chi connectivity index (χ2v) is 8.29. The molecule has 0 unspecified atom stereocenters. The number of halogens is 2. The molecular weight excluding hydrogens is 449 g/mol. The first-order valence-electron chi connectivity index (χ1n) is 10.8. The van der Waals surface area contributed by atoms with Gasteiger partial charge in [-0.15, -0.1) is 0 Å². The summed E-state index contributed by atoms with van der Waals surface area (Å²) in [7, 11) is 1.52. The molecule has 1 heterocycles. The molecule has 1 saturated heterocycles. The average molecular weight is 476 g/mol. The van der Waals surface area contributed by atoms with Crippen LogP contribution in [-0.2, 0) is 9.53 Å². The summed E-state index contributed by atoms with van der Waals surface area (Å²) in [6.45, 7) is 1.48. The van der Waals surface area contributed by atoms with Gasteiger partial charge < -0.3 is 20.3 Å². The summed E-state index contributed by atoms with van der Waals surface area (Å²) < 4.78 is 19.0. The van der Waals surface area contributed by atoms with Gasteiger partial charge in [0.1, 0.15) is 11.9 Å². The third-order valence-electron chi connectivity index (χ3n) is 5.68. The predicted molar refractivity (Wildman–Crippen MR) is 123 cm³/mol. The lowest BCUT2D eigenvalue weighted by molar-refractivity contribution is -0.124. The Morgan fingerprint density at radius 2 is 1.79 bits per heavy atom. The van der Waals surface area contributed by atoms with E-state index in [1.165, 1.54) is 25.3 Å². The number of rotatable bonds is 8. The molecule has 0 spiro atoms. The summed E-state index contributed by atoms with van der Waals surface area (Å²) in [5, 5.41) is 6.01. The second-order valence-electron chi connectivity index (χ2n) is 7.85. The van der Waals surface area contributed by atoms with Gasteiger partial charge in [0.05, 0.1) is 12.2 Å². The Bertz CT molecular complexity index is 978. The number of benzene rings is 2. The number of hydrogen-bond donors (Lipinski definition) is 2. The number of nitrogens with zero attached hydrogens (tertiary/aromatic N) is 1. The van der Waals surface area contributed by atoms with Crippen molar-refractivity contribution >= 4 is 29.3 Å². The van der Waals surface area contributed by atoms with Gasteiger partial charge in [0, 0.05) is 37.3 Å². The molecule has 2 aromatic carbocycles. The minimum atomic E-state index is -0.859. The fourth-order valence-electron chi connectivity index (χ4n) is 3.86. The summed E-state index contributed by atoms with van der Waals surface area (Å²) in [5.74, 6) is -1.99. The number of carbonyl (C=O) groups excluding carboxylic acids is 3. The van der Waals surface area contributed by atoms with E-state index in [1.807, 2.05) is 0 Å². The van der Waals surface area contributed by atoms with E-state index < -0.39 is 17.8 Å². The first kappa shape index (κ1) is 24.7. The molecule has 1 aliphatic rings. The third kappa shape index (κ3) is 6.52. The van der Waals surface area contributed by atoms with Crippen LogP contribution in [0.3, 0.4) is 0 Å². The van der Waals surface area contributed by atoms with Crippen LogP contribution in [0.4, 0.5) is 4.39 Å². The zero-order valence-corrected chi connectivity index (χ0v) is 19.1. The van der Waals surface area contributed by atoms with E-state index in [2.05, 4.69) is 10.6 Å². The summed E-state index contributed by atoms with van der Waals surface area (Å²) in [6, 6.07) is 11.5. The fourth-order valence-corrected chi connectivity index (χ4v) is 3.98. The zero-order chi connectivity index (χ0) is 23.8. The Morgan fingerprint density at radius 3 is 2.42 bits per heavy atom. The molecule has 3 amide bonds. The predicted octanol–water partition coefficient (Wildman–Crippen LogP) is 2.89. The highest BCUT2D eigenvalue weighted by atomic mass is 35.5. The molecule has 0 bridgehead atoms. The lowest BCUT2D eigenvalue weighted by Crippen LogP contribution is -2.54. The third-order valence-corrected chi connectivity index (χ3v) is 5.93. The Morgan fingerprint density at radius 1 is 1.12 bits per heavy atom. The highest BCUT2D eigenvalue weighted by Crippen LogP contribution is 2.23. The Kier molecular flexibility index (Phi) is 8.79. The summed E-state index contributed by atoms with van der Waals surface area (Å²) in [6.07, 6.45) is 1.03. The summed E-state index contributed by atoms with van der Waals surface area (Å²) in [5.41, 5.74) is 0.419. The maximum absolute atomic E-state index is 14.1. The molecule has 9 heteroatoms. The SMILES string of the molecule is COCCNC(=O)[C@@H](NC(=O)c1ccccc1F)C1CCN(C(=O)c2ccc(Cl)cc2)CC1.